The van der Waals surface area contributed by atoms with Crippen LogP contribution in [0.3, 0.4) is 0 Å². The van der Waals surface area contributed by atoms with Gasteiger partial charge < -0.3 is 19.5 Å². The van der Waals surface area contributed by atoms with Gasteiger partial charge in [-0.25, -0.2) is 0 Å². The highest BCUT2D eigenvalue weighted by Gasteiger charge is 2.07. The molecule has 1 aromatic carbocycles. The van der Waals surface area contributed by atoms with E-state index in [1.165, 1.54) is 0 Å². The Labute approximate surface area is 107 Å². The van der Waals surface area contributed by atoms with Gasteiger partial charge in [-0.05, 0) is 26.0 Å². The van der Waals surface area contributed by atoms with Crippen LogP contribution in [-0.2, 0) is 9.53 Å². The maximum Gasteiger partial charge on any atom is 0.250 e. The van der Waals surface area contributed by atoms with E-state index in [9.17, 15) is 4.79 Å². The standard InChI is InChI=1S/C13H19NO4/c1-4-17-9-13(15)14-10-6-7-11(18-5-2)12(8-10)16-3/h6-8H,4-5,9H2,1-3H3,(H,14,15). The summed E-state index contributed by atoms with van der Waals surface area (Å²) in [6, 6.07) is 5.24. The molecule has 0 spiro atoms. The Bertz CT molecular complexity index is 393. The van der Waals surface area contributed by atoms with Crippen molar-refractivity contribution in [3.63, 3.8) is 0 Å². The lowest BCUT2D eigenvalue weighted by molar-refractivity contribution is -0.120. The number of methoxy groups -OCH3 is 1. The molecule has 0 saturated heterocycles. The van der Waals surface area contributed by atoms with Crippen LogP contribution in [0.25, 0.3) is 0 Å². The molecule has 0 saturated carbocycles. The van der Waals surface area contributed by atoms with Crippen molar-refractivity contribution in [3.8, 4) is 11.5 Å². The summed E-state index contributed by atoms with van der Waals surface area (Å²) in [5, 5.41) is 2.72. The molecule has 1 N–H and O–H groups in total. The molecule has 0 aromatic heterocycles. The molecule has 0 aliphatic heterocycles. The number of carbonyl (C=O) groups is 1. The number of rotatable bonds is 7. The second-order valence-electron chi connectivity index (χ2n) is 3.48. The minimum atomic E-state index is -0.192. The third-order valence-corrected chi connectivity index (χ3v) is 2.18. The summed E-state index contributed by atoms with van der Waals surface area (Å²) in [5.41, 5.74) is 0.653. The van der Waals surface area contributed by atoms with Gasteiger partial charge in [0.1, 0.15) is 6.61 Å². The second-order valence-corrected chi connectivity index (χ2v) is 3.48. The predicted molar refractivity (Wildman–Crippen MR) is 69.3 cm³/mol. The van der Waals surface area contributed by atoms with Crippen molar-refractivity contribution < 1.29 is 19.0 Å². The lowest BCUT2D eigenvalue weighted by Crippen LogP contribution is -2.18. The Morgan fingerprint density at radius 2 is 2.00 bits per heavy atom. The molecule has 0 heterocycles. The third kappa shape index (κ3) is 4.25. The zero-order chi connectivity index (χ0) is 13.4. The molecule has 0 radical (unpaired) electrons. The first-order valence-corrected chi connectivity index (χ1v) is 5.89. The molecule has 0 bridgehead atoms. The van der Waals surface area contributed by atoms with E-state index in [2.05, 4.69) is 5.32 Å². The van der Waals surface area contributed by atoms with Gasteiger partial charge in [0.2, 0.25) is 5.91 Å². The van der Waals surface area contributed by atoms with E-state index >= 15 is 0 Å². The van der Waals surface area contributed by atoms with Crippen molar-refractivity contribution in [2.24, 2.45) is 0 Å². The number of ether oxygens (including phenoxy) is 3. The van der Waals surface area contributed by atoms with Crippen molar-refractivity contribution >= 4 is 11.6 Å². The SMILES string of the molecule is CCOCC(=O)Nc1ccc(OCC)c(OC)c1. The average Bonchev–Trinajstić information content (AvgIpc) is 2.38. The minimum Gasteiger partial charge on any atom is -0.493 e. The van der Waals surface area contributed by atoms with Crippen LogP contribution in [0.4, 0.5) is 5.69 Å². The van der Waals surface area contributed by atoms with E-state index in [0.29, 0.717) is 30.4 Å². The Morgan fingerprint density at radius 1 is 1.22 bits per heavy atom. The molecule has 0 aliphatic rings. The highest BCUT2D eigenvalue weighted by atomic mass is 16.5. The van der Waals surface area contributed by atoms with Crippen LogP contribution >= 0.6 is 0 Å². The Kier molecular flexibility index (Phi) is 6.00. The van der Waals surface area contributed by atoms with Crippen LogP contribution in [0.1, 0.15) is 13.8 Å². The first kappa shape index (κ1) is 14.3. The minimum absolute atomic E-state index is 0.0476. The Hall–Kier alpha value is -1.75. The van der Waals surface area contributed by atoms with Crippen molar-refractivity contribution in [3.05, 3.63) is 18.2 Å². The molecule has 18 heavy (non-hydrogen) atoms. The van der Waals surface area contributed by atoms with Gasteiger partial charge in [0.25, 0.3) is 0 Å². The quantitative estimate of drug-likeness (QED) is 0.808. The van der Waals surface area contributed by atoms with Crippen LogP contribution < -0.4 is 14.8 Å². The third-order valence-electron chi connectivity index (χ3n) is 2.18. The molecule has 1 rings (SSSR count). The maximum absolute atomic E-state index is 11.5. The summed E-state index contributed by atoms with van der Waals surface area (Å²) in [6.45, 7) is 4.86. The number of hydrogen-bond donors (Lipinski definition) is 1. The van der Waals surface area contributed by atoms with E-state index in [1.54, 1.807) is 25.3 Å². The first-order chi connectivity index (χ1) is 8.71. The Balaban J connectivity index is 2.69. The highest BCUT2D eigenvalue weighted by molar-refractivity contribution is 5.92. The lowest BCUT2D eigenvalue weighted by atomic mass is 10.2. The van der Waals surface area contributed by atoms with Gasteiger partial charge in [0.05, 0.1) is 13.7 Å². The fraction of sp³-hybridized carbons (Fsp3) is 0.462. The van der Waals surface area contributed by atoms with E-state index in [4.69, 9.17) is 14.2 Å². The van der Waals surface area contributed by atoms with Gasteiger partial charge >= 0.3 is 0 Å². The topological polar surface area (TPSA) is 56.8 Å². The zero-order valence-electron chi connectivity index (χ0n) is 11.0. The summed E-state index contributed by atoms with van der Waals surface area (Å²) < 4.78 is 15.6. The van der Waals surface area contributed by atoms with Crippen LogP contribution in [0.2, 0.25) is 0 Å². The lowest BCUT2D eigenvalue weighted by Gasteiger charge is -2.11. The van der Waals surface area contributed by atoms with E-state index in [1.807, 2.05) is 13.8 Å². The molecule has 5 heteroatoms. The molecule has 0 fully saturated rings. The molecular formula is C13H19NO4. The summed E-state index contributed by atoms with van der Waals surface area (Å²) in [5.74, 6) is 1.05. The summed E-state index contributed by atoms with van der Waals surface area (Å²) in [7, 11) is 1.56. The van der Waals surface area contributed by atoms with Gasteiger partial charge in [-0.2, -0.15) is 0 Å². The number of amides is 1. The largest absolute Gasteiger partial charge is 0.493 e. The highest BCUT2D eigenvalue weighted by Crippen LogP contribution is 2.30. The molecular weight excluding hydrogens is 234 g/mol. The van der Waals surface area contributed by atoms with E-state index in [0.717, 1.165) is 0 Å². The molecule has 0 unspecified atom stereocenters. The summed E-state index contributed by atoms with van der Waals surface area (Å²) in [6.07, 6.45) is 0. The molecule has 0 aliphatic carbocycles. The molecule has 100 valence electrons. The Morgan fingerprint density at radius 3 is 2.61 bits per heavy atom. The normalized spacial score (nSPS) is 9.94. The van der Waals surface area contributed by atoms with Crippen molar-refractivity contribution in [1.82, 2.24) is 0 Å². The second kappa shape index (κ2) is 7.55. The van der Waals surface area contributed by atoms with Crippen molar-refractivity contribution in [2.45, 2.75) is 13.8 Å². The predicted octanol–water partition coefficient (Wildman–Crippen LogP) is 2.07. The first-order valence-electron chi connectivity index (χ1n) is 5.89. The van der Waals surface area contributed by atoms with Crippen LogP contribution in [0.5, 0.6) is 11.5 Å². The molecule has 1 amide bonds. The number of benzene rings is 1. The average molecular weight is 253 g/mol. The van der Waals surface area contributed by atoms with Gasteiger partial charge in [0.15, 0.2) is 11.5 Å². The van der Waals surface area contributed by atoms with E-state index in [-0.39, 0.29) is 12.5 Å². The fourth-order valence-corrected chi connectivity index (χ4v) is 1.41. The van der Waals surface area contributed by atoms with Gasteiger partial charge in [0, 0.05) is 18.4 Å². The monoisotopic (exact) mass is 253 g/mol. The fourth-order valence-electron chi connectivity index (χ4n) is 1.41. The van der Waals surface area contributed by atoms with Crippen LogP contribution in [0, 0.1) is 0 Å². The van der Waals surface area contributed by atoms with Crippen LogP contribution in [-0.4, -0.2) is 32.8 Å². The number of nitrogens with one attached hydrogen (secondary N) is 1. The maximum atomic E-state index is 11.5. The smallest absolute Gasteiger partial charge is 0.250 e. The van der Waals surface area contributed by atoms with Crippen LogP contribution in [0.15, 0.2) is 18.2 Å². The molecule has 0 atom stereocenters. The summed E-state index contributed by atoms with van der Waals surface area (Å²) >= 11 is 0. The van der Waals surface area contributed by atoms with Gasteiger partial charge in [-0.1, -0.05) is 0 Å². The van der Waals surface area contributed by atoms with Gasteiger partial charge in [-0.3, -0.25) is 4.79 Å². The van der Waals surface area contributed by atoms with E-state index < -0.39 is 0 Å². The molecule has 5 nitrogen and oxygen atoms in total. The summed E-state index contributed by atoms with van der Waals surface area (Å²) in [4.78, 5) is 11.5. The zero-order valence-corrected chi connectivity index (χ0v) is 11.0. The number of hydrogen-bond acceptors (Lipinski definition) is 4. The number of anilines is 1. The molecule has 1 aromatic rings. The van der Waals surface area contributed by atoms with Crippen molar-refractivity contribution in [1.29, 1.82) is 0 Å². The van der Waals surface area contributed by atoms with Crippen molar-refractivity contribution in [2.75, 3.05) is 32.2 Å². The number of carbonyl (C=O) groups excluding carboxylic acids is 1. The van der Waals surface area contributed by atoms with Gasteiger partial charge in [-0.15, -0.1) is 0 Å².